The summed E-state index contributed by atoms with van der Waals surface area (Å²) in [5, 5.41) is 2.84. The summed E-state index contributed by atoms with van der Waals surface area (Å²) >= 11 is 0. The zero-order chi connectivity index (χ0) is 17.4. The molecule has 0 aliphatic heterocycles. The van der Waals surface area contributed by atoms with E-state index in [0.717, 1.165) is 17.2 Å². The fraction of sp³-hybridized carbons (Fsp3) is 0.316. The van der Waals surface area contributed by atoms with Gasteiger partial charge in [0.05, 0.1) is 6.61 Å². The lowest BCUT2D eigenvalue weighted by Crippen LogP contribution is -2.19. The van der Waals surface area contributed by atoms with Gasteiger partial charge in [-0.3, -0.25) is 4.79 Å². The maximum atomic E-state index is 11.8. The quantitative estimate of drug-likeness (QED) is 0.769. The maximum absolute atomic E-state index is 11.8. The van der Waals surface area contributed by atoms with E-state index >= 15 is 0 Å². The second kappa shape index (κ2) is 8.93. The van der Waals surface area contributed by atoms with Gasteiger partial charge in [-0.25, -0.2) is 0 Å². The van der Waals surface area contributed by atoms with Gasteiger partial charge in [-0.1, -0.05) is 0 Å². The molecule has 0 saturated heterocycles. The molecule has 0 spiro atoms. The normalized spacial score (nSPS) is 11.6. The van der Waals surface area contributed by atoms with Crippen molar-refractivity contribution in [2.75, 3.05) is 11.9 Å². The Morgan fingerprint density at radius 2 is 1.58 bits per heavy atom. The van der Waals surface area contributed by atoms with Gasteiger partial charge in [0.15, 0.2) is 0 Å². The molecule has 0 heterocycles. The number of benzene rings is 2. The average Bonchev–Trinajstić information content (AvgIpc) is 2.57. The third-order valence-electron chi connectivity index (χ3n) is 3.34. The average molecular weight is 328 g/mol. The standard InChI is InChI=1S/C19H24N2O3/c1-3-23-16-9-11-18(12-10-16)24-17-7-5-15(6-8-17)21-19(22)13-4-14(2)20/h5-12,14H,3-4,13,20H2,1-2H3,(H,21,22). The second-order valence-electron chi connectivity index (χ2n) is 5.59. The van der Waals surface area contributed by atoms with Crippen LogP contribution in [0.15, 0.2) is 48.5 Å². The first-order valence-electron chi connectivity index (χ1n) is 8.13. The lowest BCUT2D eigenvalue weighted by molar-refractivity contribution is -0.116. The molecule has 2 aromatic rings. The molecule has 1 atom stereocenters. The molecule has 0 fully saturated rings. The molecule has 128 valence electrons. The summed E-state index contributed by atoms with van der Waals surface area (Å²) in [6, 6.07) is 14.7. The zero-order valence-corrected chi connectivity index (χ0v) is 14.1. The molecule has 0 aromatic heterocycles. The predicted octanol–water partition coefficient (Wildman–Crippen LogP) is 3.94. The molecule has 5 nitrogen and oxygen atoms in total. The van der Waals surface area contributed by atoms with Crippen LogP contribution in [0.4, 0.5) is 5.69 Å². The highest BCUT2D eigenvalue weighted by Gasteiger charge is 2.05. The number of amides is 1. The Morgan fingerprint density at radius 1 is 1.04 bits per heavy atom. The minimum absolute atomic E-state index is 0.0284. The minimum Gasteiger partial charge on any atom is -0.494 e. The Kier molecular flexibility index (Phi) is 6.63. The number of anilines is 1. The van der Waals surface area contributed by atoms with Crippen LogP contribution < -0.4 is 20.5 Å². The molecule has 0 saturated carbocycles. The molecule has 2 rings (SSSR count). The van der Waals surface area contributed by atoms with Gasteiger partial charge in [-0.15, -0.1) is 0 Å². The van der Waals surface area contributed by atoms with E-state index in [1.807, 2.05) is 62.4 Å². The van der Waals surface area contributed by atoms with Crippen LogP contribution in [0, 0.1) is 0 Å². The number of carbonyl (C=O) groups is 1. The Morgan fingerprint density at radius 3 is 2.12 bits per heavy atom. The van der Waals surface area contributed by atoms with Gasteiger partial charge >= 0.3 is 0 Å². The molecular formula is C19H24N2O3. The van der Waals surface area contributed by atoms with Crippen molar-refractivity contribution in [2.45, 2.75) is 32.7 Å². The largest absolute Gasteiger partial charge is 0.494 e. The van der Waals surface area contributed by atoms with Crippen LogP contribution in [0.3, 0.4) is 0 Å². The van der Waals surface area contributed by atoms with Crippen molar-refractivity contribution in [3.05, 3.63) is 48.5 Å². The lowest BCUT2D eigenvalue weighted by atomic mass is 10.2. The summed E-state index contributed by atoms with van der Waals surface area (Å²) in [5.74, 6) is 2.21. The molecular weight excluding hydrogens is 304 g/mol. The van der Waals surface area contributed by atoms with E-state index in [9.17, 15) is 4.79 Å². The molecule has 0 aliphatic carbocycles. The number of carbonyl (C=O) groups excluding carboxylic acids is 1. The number of hydrogen-bond acceptors (Lipinski definition) is 4. The molecule has 0 radical (unpaired) electrons. The summed E-state index contributed by atoms with van der Waals surface area (Å²) in [6.07, 6.45) is 1.09. The third kappa shape index (κ3) is 5.93. The smallest absolute Gasteiger partial charge is 0.224 e. The van der Waals surface area contributed by atoms with E-state index in [4.69, 9.17) is 15.2 Å². The molecule has 1 amide bonds. The van der Waals surface area contributed by atoms with Crippen molar-refractivity contribution < 1.29 is 14.3 Å². The highest BCUT2D eigenvalue weighted by atomic mass is 16.5. The number of hydrogen-bond donors (Lipinski definition) is 2. The van der Waals surface area contributed by atoms with Gasteiger partial charge in [0.1, 0.15) is 17.2 Å². The van der Waals surface area contributed by atoms with Gasteiger partial charge in [-0.2, -0.15) is 0 Å². The van der Waals surface area contributed by atoms with E-state index in [2.05, 4.69) is 5.32 Å². The first kappa shape index (κ1) is 17.8. The second-order valence-corrected chi connectivity index (χ2v) is 5.59. The molecule has 5 heteroatoms. The topological polar surface area (TPSA) is 73.6 Å². The number of nitrogens with one attached hydrogen (secondary N) is 1. The molecule has 1 unspecified atom stereocenters. The minimum atomic E-state index is -0.0347. The highest BCUT2D eigenvalue weighted by molar-refractivity contribution is 5.90. The summed E-state index contributed by atoms with van der Waals surface area (Å²) in [4.78, 5) is 11.8. The van der Waals surface area contributed by atoms with Crippen molar-refractivity contribution in [1.82, 2.24) is 0 Å². The Labute approximate surface area is 142 Å². The van der Waals surface area contributed by atoms with Crippen molar-refractivity contribution >= 4 is 11.6 Å². The van der Waals surface area contributed by atoms with E-state index in [-0.39, 0.29) is 11.9 Å². The van der Waals surface area contributed by atoms with E-state index in [1.54, 1.807) is 0 Å². The monoisotopic (exact) mass is 328 g/mol. The Bertz CT molecular complexity index is 637. The van der Waals surface area contributed by atoms with E-state index < -0.39 is 0 Å². The van der Waals surface area contributed by atoms with Crippen LogP contribution in [0.2, 0.25) is 0 Å². The first-order chi connectivity index (χ1) is 11.6. The van der Waals surface area contributed by atoms with Crippen molar-refractivity contribution in [1.29, 1.82) is 0 Å². The van der Waals surface area contributed by atoms with Crippen LogP contribution in [0.1, 0.15) is 26.7 Å². The fourth-order valence-electron chi connectivity index (χ4n) is 2.10. The number of nitrogens with two attached hydrogens (primary N) is 1. The van der Waals surface area contributed by atoms with E-state index in [0.29, 0.717) is 25.2 Å². The summed E-state index contributed by atoms with van der Waals surface area (Å²) in [7, 11) is 0. The van der Waals surface area contributed by atoms with Gasteiger partial charge in [0, 0.05) is 18.2 Å². The van der Waals surface area contributed by atoms with Gasteiger partial charge < -0.3 is 20.5 Å². The summed E-state index contributed by atoms with van der Waals surface area (Å²) < 4.78 is 11.2. The van der Waals surface area contributed by atoms with Crippen LogP contribution in [0.5, 0.6) is 17.2 Å². The number of rotatable bonds is 8. The van der Waals surface area contributed by atoms with E-state index in [1.165, 1.54) is 0 Å². The highest BCUT2D eigenvalue weighted by Crippen LogP contribution is 2.25. The molecule has 0 bridgehead atoms. The van der Waals surface area contributed by atoms with Crippen LogP contribution in [0.25, 0.3) is 0 Å². The molecule has 0 aliphatic rings. The van der Waals surface area contributed by atoms with Crippen molar-refractivity contribution in [2.24, 2.45) is 5.73 Å². The molecule has 2 aromatic carbocycles. The Balaban J connectivity index is 1.88. The van der Waals surface area contributed by atoms with Gasteiger partial charge in [0.25, 0.3) is 0 Å². The summed E-state index contributed by atoms with van der Waals surface area (Å²) in [5.41, 5.74) is 6.39. The zero-order valence-electron chi connectivity index (χ0n) is 14.1. The Hall–Kier alpha value is -2.53. The van der Waals surface area contributed by atoms with Crippen LogP contribution >= 0.6 is 0 Å². The maximum Gasteiger partial charge on any atom is 0.224 e. The van der Waals surface area contributed by atoms with Crippen LogP contribution in [-0.4, -0.2) is 18.6 Å². The summed E-state index contributed by atoms with van der Waals surface area (Å²) in [6.45, 7) is 4.47. The third-order valence-corrected chi connectivity index (χ3v) is 3.34. The molecule has 3 N–H and O–H groups in total. The van der Waals surface area contributed by atoms with Crippen molar-refractivity contribution in [3.8, 4) is 17.2 Å². The van der Waals surface area contributed by atoms with Crippen LogP contribution in [-0.2, 0) is 4.79 Å². The number of ether oxygens (including phenoxy) is 2. The predicted molar refractivity (Wildman–Crippen MR) is 95.6 cm³/mol. The van der Waals surface area contributed by atoms with Gasteiger partial charge in [0.2, 0.25) is 5.91 Å². The fourth-order valence-corrected chi connectivity index (χ4v) is 2.10. The SMILES string of the molecule is CCOc1ccc(Oc2ccc(NC(=O)CCC(C)N)cc2)cc1. The lowest BCUT2D eigenvalue weighted by Gasteiger charge is -2.09. The molecule has 24 heavy (non-hydrogen) atoms. The van der Waals surface area contributed by atoms with Gasteiger partial charge in [-0.05, 0) is 68.8 Å². The van der Waals surface area contributed by atoms with Crippen molar-refractivity contribution in [3.63, 3.8) is 0 Å². The first-order valence-corrected chi connectivity index (χ1v) is 8.13.